The predicted octanol–water partition coefficient (Wildman–Crippen LogP) is 2.02. The molecular weight excluding hydrogens is 382 g/mol. The van der Waals surface area contributed by atoms with E-state index in [1.54, 1.807) is 0 Å². The number of sulfone groups is 1. The van der Waals surface area contributed by atoms with Gasteiger partial charge < -0.3 is 14.7 Å². The smallest absolute Gasteiger partial charge is 0.342 e. The van der Waals surface area contributed by atoms with E-state index in [1.807, 2.05) is 6.92 Å². The van der Waals surface area contributed by atoms with Gasteiger partial charge in [-0.25, -0.2) is 13.2 Å². The minimum atomic E-state index is -3.13. The molecule has 2 rings (SSSR count). The van der Waals surface area contributed by atoms with E-state index >= 15 is 0 Å². The van der Waals surface area contributed by atoms with Crippen LogP contribution in [0.4, 0.5) is 0 Å². The van der Waals surface area contributed by atoms with Crippen molar-refractivity contribution >= 4 is 33.3 Å². The average molecular weight is 404 g/mol. The van der Waals surface area contributed by atoms with Gasteiger partial charge in [-0.15, -0.1) is 0 Å². The maximum absolute atomic E-state index is 12.5. The molecule has 9 heteroatoms. The molecular formula is C17H22ClNO6S. The fourth-order valence-electron chi connectivity index (χ4n) is 2.82. The number of hydrogen-bond donors (Lipinski definition) is 1. The second-order valence-corrected chi connectivity index (χ2v) is 8.90. The Kier molecular flexibility index (Phi) is 6.88. The van der Waals surface area contributed by atoms with Gasteiger partial charge in [-0.1, -0.05) is 24.9 Å². The topological polar surface area (TPSA) is 101 Å². The third-order valence-corrected chi connectivity index (χ3v) is 6.21. The third-order valence-electron chi connectivity index (χ3n) is 4.23. The fraction of sp³-hybridized carbons (Fsp3) is 0.529. The number of phenols is 1. The van der Waals surface area contributed by atoms with E-state index in [2.05, 4.69) is 0 Å². The fourth-order valence-corrected chi connectivity index (χ4v) is 4.72. The lowest BCUT2D eigenvalue weighted by atomic mass is 10.2. The first-order chi connectivity index (χ1) is 12.2. The highest BCUT2D eigenvalue weighted by Gasteiger charge is 2.34. The Hall–Kier alpha value is -1.80. The molecule has 0 saturated carbocycles. The van der Waals surface area contributed by atoms with Crippen LogP contribution < -0.4 is 0 Å². The molecule has 1 aliphatic rings. The van der Waals surface area contributed by atoms with Crippen LogP contribution in [0.5, 0.6) is 5.75 Å². The molecule has 0 aromatic heterocycles. The first-order valence-electron chi connectivity index (χ1n) is 8.39. The molecule has 1 aromatic rings. The zero-order valence-electron chi connectivity index (χ0n) is 14.5. The van der Waals surface area contributed by atoms with Crippen LogP contribution in [0.2, 0.25) is 5.02 Å². The van der Waals surface area contributed by atoms with Crippen LogP contribution in [0.1, 0.15) is 36.5 Å². The summed E-state index contributed by atoms with van der Waals surface area (Å²) in [6, 6.07) is 3.54. The second kappa shape index (κ2) is 8.73. The highest BCUT2D eigenvalue weighted by atomic mass is 35.5. The number of unbranched alkanes of at least 4 members (excludes halogenated alkanes) is 1. The van der Waals surface area contributed by atoms with Gasteiger partial charge in [0.15, 0.2) is 16.4 Å². The molecule has 0 aliphatic carbocycles. The van der Waals surface area contributed by atoms with Crippen molar-refractivity contribution in [3.05, 3.63) is 28.8 Å². The minimum Gasteiger partial charge on any atom is -0.507 e. The van der Waals surface area contributed by atoms with E-state index in [1.165, 1.54) is 23.1 Å². The van der Waals surface area contributed by atoms with Gasteiger partial charge in [0.2, 0.25) is 0 Å². The third kappa shape index (κ3) is 5.35. The molecule has 0 spiro atoms. The first-order valence-corrected chi connectivity index (χ1v) is 10.6. The maximum atomic E-state index is 12.5. The summed E-state index contributed by atoms with van der Waals surface area (Å²) in [5, 5.41) is 9.96. The molecule has 1 N–H and O–H groups in total. The van der Waals surface area contributed by atoms with E-state index in [0.29, 0.717) is 13.0 Å². The van der Waals surface area contributed by atoms with Crippen LogP contribution in [0.3, 0.4) is 0 Å². The molecule has 1 saturated heterocycles. The molecule has 144 valence electrons. The lowest BCUT2D eigenvalue weighted by Gasteiger charge is -2.28. The van der Waals surface area contributed by atoms with E-state index in [0.717, 1.165) is 12.8 Å². The van der Waals surface area contributed by atoms with Crippen LogP contribution in [0, 0.1) is 0 Å². The summed E-state index contributed by atoms with van der Waals surface area (Å²) in [6.07, 6.45) is 1.96. The number of esters is 1. The van der Waals surface area contributed by atoms with Crippen molar-refractivity contribution in [3.8, 4) is 5.75 Å². The Morgan fingerprint density at radius 1 is 1.38 bits per heavy atom. The Morgan fingerprint density at radius 2 is 2.12 bits per heavy atom. The largest absolute Gasteiger partial charge is 0.507 e. The van der Waals surface area contributed by atoms with Crippen molar-refractivity contribution in [2.24, 2.45) is 0 Å². The standard InChI is InChI=1S/C17H22ClNO6S/c1-2-3-7-19(13-6-8-26(23,24)11-13)16(21)10-25-17(22)14-9-12(18)4-5-15(14)20/h4-5,9,13,20H,2-3,6-8,10-11H2,1H3/t13-/m0/s1. The number of carbonyl (C=O) groups is 2. The maximum Gasteiger partial charge on any atom is 0.342 e. The molecule has 7 nitrogen and oxygen atoms in total. The summed E-state index contributed by atoms with van der Waals surface area (Å²) in [6.45, 7) is 1.86. The zero-order chi connectivity index (χ0) is 19.3. The number of amides is 1. The SMILES string of the molecule is CCCCN(C(=O)COC(=O)c1cc(Cl)ccc1O)[C@H]1CCS(=O)(=O)C1. The molecule has 1 atom stereocenters. The summed E-state index contributed by atoms with van der Waals surface area (Å²) in [7, 11) is -3.13. The number of phenolic OH excluding ortho intramolecular Hbond substituents is 1. The van der Waals surface area contributed by atoms with Gasteiger partial charge in [-0.3, -0.25) is 4.79 Å². The van der Waals surface area contributed by atoms with Crippen molar-refractivity contribution in [3.63, 3.8) is 0 Å². The van der Waals surface area contributed by atoms with E-state index in [4.69, 9.17) is 16.3 Å². The number of halogens is 1. The van der Waals surface area contributed by atoms with Gasteiger partial charge in [0.05, 0.1) is 11.5 Å². The second-order valence-electron chi connectivity index (χ2n) is 6.24. The Morgan fingerprint density at radius 3 is 2.73 bits per heavy atom. The molecule has 1 aromatic carbocycles. The molecule has 1 amide bonds. The molecule has 1 heterocycles. The summed E-state index contributed by atoms with van der Waals surface area (Å²) >= 11 is 5.79. The number of nitrogens with zero attached hydrogens (tertiary/aromatic N) is 1. The average Bonchev–Trinajstić information content (AvgIpc) is 2.94. The van der Waals surface area contributed by atoms with Gasteiger partial charge in [0.1, 0.15) is 11.3 Å². The van der Waals surface area contributed by atoms with Crippen molar-refractivity contribution in [2.45, 2.75) is 32.2 Å². The molecule has 0 unspecified atom stereocenters. The van der Waals surface area contributed by atoms with Crippen molar-refractivity contribution < 1.29 is 27.9 Å². The molecule has 0 bridgehead atoms. The number of ether oxygens (including phenoxy) is 1. The van der Waals surface area contributed by atoms with E-state index in [-0.39, 0.29) is 27.8 Å². The summed E-state index contributed by atoms with van der Waals surface area (Å²) < 4.78 is 28.4. The molecule has 1 fully saturated rings. The van der Waals surface area contributed by atoms with Crippen LogP contribution in [0.25, 0.3) is 0 Å². The zero-order valence-corrected chi connectivity index (χ0v) is 16.1. The van der Waals surface area contributed by atoms with Crippen molar-refractivity contribution in [1.29, 1.82) is 0 Å². The van der Waals surface area contributed by atoms with Crippen molar-refractivity contribution in [2.75, 3.05) is 24.7 Å². The Balaban J connectivity index is 2.02. The van der Waals surface area contributed by atoms with Crippen LogP contribution >= 0.6 is 11.6 Å². The summed E-state index contributed by atoms with van der Waals surface area (Å²) in [5.41, 5.74) is -0.131. The number of hydrogen-bond acceptors (Lipinski definition) is 6. The van der Waals surface area contributed by atoms with Gasteiger partial charge in [0.25, 0.3) is 5.91 Å². The van der Waals surface area contributed by atoms with Crippen LogP contribution in [-0.2, 0) is 19.4 Å². The quantitative estimate of drug-likeness (QED) is 0.699. The number of rotatable bonds is 7. The van der Waals surface area contributed by atoms with E-state index < -0.39 is 34.4 Å². The molecule has 0 radical (unpaired) electrons. The minimum absolute atomic E-state index is 0.0593. The first kappa shape index (κ1) is 20.5. The van der Waals surface area contributed by atoms with Crippen molar-refractivity contribution in [1.82, 2.24) is 4.90 Å². The number of benzene rings is 1. The normalized spacial score (nSPS) is 18.5. The van der Waals surface area contributed by atoms with Gasteiger partial charge in [0, 0.05) is 17.6 Å². The summed E-state index contributed by atoms with van der Waals surface area (Å²) in [4.78, 5) is 26.1. The highest BCUT2D eigenvalue weighted by molar-refractivity contribution is 7.91. The van der Waals surface area contributed by atoms with Gasteiger partial charge in [-0.2, -0.15) is 0 Å². The Bertz CT molecular complexity index is 779. The predicted molar refractivity (Wildman–Crippen MR) is 97.1 cm³/mol. The lowest BCUT2D eigenvalue weighted by Crippen LogP contribution is -2.43. The van der Waals surface area contributed by atoms with Crippen LogP contribution in [0.15, 0.2) is 18.2 Å². The molecule has 26 heavy (non-hydrogen) atoms. The van der Waals surface area contributed by atoms with E-state index in [9.17, 15) is 23.1 Å². The number of carbonyl (C=O) groups excluding carboxylic acids is 2. The van der Waals surface area contributed by atoms with Crippen LogP contribution in [-0.4, -0.2) is 61.0 Å². The van der Waals surface area contributed by atoms with Gasteiger partial charge in [-0.05, 0) is 31.0 Å². The highest BCUT2D eigenvalue weighted by Crippen LogP contribution is 2.23. The molecule has 1 aliphatic heterocycles. The Labute approximate surface area is 157 Å². The number of aromatic hydroxyl groups is 1. The monoisotopic (exact) mass is 403 g/mol. The lowest BCUT2D eigenvalue weighted by molar-refractivity contribution is -0.136. The van der Waals surface area contributed by atoms with Gasteiger partial charge >= 0.3 is 5.97 Å². The summed E-state index contributed by atoms with van der Waals surface area (Å²) in [5.74, 6) is -1.62.